The Bertz CT molecular complexity index is 1230. The number of benzene rings is 1. The van der Waals surface area contributed by atoms with Crippen molar-refractivity contribution in [1.29, 1.82) is 0 Å². The number of carboxylic acids is 2. The van der Waals surface area contributed by atoms with E-state index in [1.54, 1.807) is 0 Å². The SMILES string of the molecule is COc1cc2c(c(=O)cc(C(=O)O)n2C)c2c1c(=O)cc(C(=O)O)n2C. The second kappa shape index (κ2) is 5.73. The molecule has 2 N–H and O–H groups in total. The van der Waals surface area contributed by atoms with E-state index >= 15 is 0 Å². The first-order valence-electron chi connectivity index (χ1n) is 7.40. The first-order valence-corrected chi connectivity index (χ1v) is 7.40. The fraction of sp³-hybridized carbons (Fsp3) is 0.176. The van der Waals surface area contributed by atoms with E-state index in [1.165, 1.54) is 36.4 Å². The van der Waals surface area contributed by atoms with Gasteiger partial charge in [-0.25, -0.2) is 9.59 Å². The van der Waals surface area contributed by atoms with Crippen molar-refractivity contribution in [2.45, 2.75) is 0 Å². The number of aromatic carboxylic acids is 2. The highest BCUT2D eigenvalue weighted by molar-refractivity contribution is 6.09. The summed E-state index contributed by atoms with van der Waals surface area (Å²) in [5.74, 6) is -2.51. The fourth-order valence-corrected chi connectivity index (χ4v) is 3.12. The van der Waals surface area contributed by atoms with Gasteiger partial charge >= 0.3 is 11.9 Å². The predicted octanol–water partition coefficient (Wildman–Crippen LogP) is 0.795. The molecule has 9 heteroatoms. The Morgan fingerprint density at radius 2 is 1.38 bits per heavy atom. The quantitative estimate of drug-likeness (QED) is 0.663. The molecule has 0 aliphatic rings. The van der Waals surface area contributed by atoms with Gasteiger partial charge in [0.05, 0.1) is 28.9 Å². The normalized spacial score (nSPS) is 11.0. The van der Waals surface area contributed by atoms with Crippen molar-refractivity contribution in [2.24, 2.45) is 14.1 Å². The summed E-state index contributed by atoms with van der Waals surface area (Å²) in [6.45, 7) is 0. The summed E-state index contributed by atoms with van der Waals surface area (Å²) in [6, 6.07) is 3.29. The first-order chi connectivity index (χ1) is 12.2. The number of hydrogen-bond donors (Lipinski definition) is 2. The van der Waals surface area contributed by atoms with Gasteiger partial charge in [0.15, 0.2) is 10.9 Å². The van der Waals surface area contributed by atoms with Crippen molar-refractivity contribution in [3.05, 3.63) is 50.0 Å². The molecule has 3 rings (SSSR count). The van der Waals surface area contributed by atoms with Gasteiger partial charge in [-0.15, -0.1) is 0 Å². The zero-order valence-electron chi connectivity index (χ0n) is 14.1. The molecule has 0 aliphatic heterocycles. The van der Waals surface area contributed by atoms with Crippen molar-refractivity contribution in [3.63, 3.8) is 0 Å². The number of aryl methyl sites for hydroxylation is 2. The second-order valence-electron chi connectivity index (χ2n) is 5.71. The van der Waals surface area contributed by atoms with Gasteiger partial charge in [-0.1, -0.05) is 0 Å². The predicted molar refractivity (Wildman–Crippen MR) is 92.4 cm³/mol. The summed E-state index contributed by atoms with van der Waals surface area (Å²) in [4.78, 5) is 48.0. The van der Waals surface area contributed by atoms with Crippen LogP contribution in [0.2, 0.25) is 0 Å². The van der Waals surface area contributed by atoms with E-state index in [-0.39, 0.29) is 38.9 Å². The molecule has 26 heavy (non-hydrogen) atoms. The maximum absolute atomic E-state index is 12.6. The molecule has 0 radical (unpaired) electrons. The number of aromatic nitrogens is 2. The van der Waals surface area contributed by atoms with Gasteiger partial charge < -0.3 is 24.1 Å². The summed E-state index contributed by atoms with van der Waals surface area (Å²) in [5, 5.41) is 18.7. The molecular weight excluding hydrogens is 344 g/mol. The highest BCUT2D eigenvalue weighted by Crippen LogP contribution is 2.30. The number of carboxylic acid groups (broad SMARTS) is 2. The van der Waals surface area contributed by atoms with E-state index in [0.717, 1.165) is 12.1 Å². The molecule has 3 aromatic rings. The lowest BCUT2D eigenvalue weighted by Gasteiger charge is -2.17. The van der Waals surface area contributed by atoms with Crippen LogP contribution in [-0.2, 0) is 14.1 Å². The Morgan fingerprint density at radius 1 is 0.885 bits per heavy atom. The summed E-state index contributed by atoms with van der Waals surface area (Å²) in [6.07, 6.45) is 0. The van der Waals surface area contributed by atoms with Crippen LogP contribution in [-0.4, -0.2) is 38.4 Å². The molecule has 0 saturated carbocycles. The molecule has 0 spiro atoms. The summed E-state index contributed by atoms with van der Waals surface area (Å²) in [5.41, 5.74) is -1.53. The lowest BCUT2D eigenvalue weighted by Crippen LogP contribution is -2.21. The van der Waals surface area contributed by atoms with E-state index in [9.17, 15) is 29.4 Å². The van der Waals surface area contributed by atoms with Crippen LogP contribution in [0.3, 0.4) is 0 Å². The van der Waals surface area contributed by atoms with Crippen LogP contribution >= 0.6 is 0 Å². The topological polar surface area (TPSA) is 128 Å². The van der Waals surface area contributed by atoms with Gasteiger partial charge in [-0.3, -0.25) is 9.59 Å². The van der Waals surface area contributed by atoms with Gasteiger partial charge in [0, 0.05) is 32.3 Å². The minimum Gasteiger partial charge on any atom is -0.496 e. The van der Waals surface area contributed by atoms with Crippen LogP contribution in [0, 0.1) is 0 Å². The standard InChI is InChI=1S/C17H14N2O7/c1-18-7-6-12(26-3)14-11(21)5-9(17(24)25)19(2)15(14)13(7)10(20)4-8(18)16(22)23/h4-6H,1-3H3,(H,22,23)(H,24,25). The molecule has 0 unspecified atom stereocenters. The molecule has 2 heterocycles. The van der Waals surface area contributed by atoms with Crippen LogP contribution in [0.5, 0.6) is 5.75 Å². The number of fused-ring (bicyclic) bond motifs is 3. The molecular formula is C17H14N2O7. The number of methoxy groups -OCH3 is 1. The van der Waals surface area contributed by atoms with Crippen molar-refractivity contribution >= 4 is 33.7 Å². The van der Waals surface area contributed by atoms with Crippen LogP contribution in [0.1, 0.15) is 21.0 Å². The van der Waals surface area contributed by atoms with Crippen LogP contribution in [0.25, 0.3) is 21.8 Å². The summed E-state index contributed by atoms with van der Waals surface area (Å²) in [7, 11) is 4.19. The maximum atomic E-state index is 12.6. The van der Waals surface area contributed by atoms with Gasteiger partial charge in [0.1, 0.15) is 17.1 Å². The van der Waals surface area contributed by atoms with Gasteiger partial charge in [0.2, 0.25) is 0 Å². The van der Waals surface area contributed by atoms with Crippen molar-refractivity contribution in [1.82, 2.24) is 9.13 Å². The number of rotatable bonds is 3. The molecule has 0 amide bonds. The average molecular weight is 358 g/mol. The minimum atomic E-state index is -1.33. The smallest absolute Gasteiger partial charge is 0.352 e. The van der Waals surface area contributed by atoms with E-state index in [4.69, 9.17) is 4.74 Å². The average Bonchev–Trinajstić information content (AvgIpc) is 2.58. The van der Waals surface area contributed by atoms with Crippen LogP contribution < -0.4 is 15.6 Å². The molecule has 1 aromatic carbocycles. The monoisotopic (exact) mass is 358 g/mol. The minimum absolute atomic E-state index is 0.0380. The Hall–Kier alpha value is -3.62. The molecule has 0 atom stereocenters. The number of ether oxygens (including phenoxy) is 1. The van der Waals surface area contributed by atoms with Crippen LogP contribution in [0.15, 0.2) is 27.8 Å². The molecule has 0 bridgehead atoms. The Balaban J connectivity index is 2.76. The van der Waals surface area contributed by atoms with Crippen molar-refractivity contribution in [3.8, 4) is 5.75 Å². The van der Waals surface area contributed by atoms with Gasteiger partial charge in [-0.2, -0.15) is 0 Å². The largest absolute Gasteiger partial charge is 0.496 e. The molecule has 0 aliphatic carbocycles. The molecule has 134 valence electrons. The van der Waals surface area contributed by atoms with E-state index in [1.807, 2.05) is 0 Å². The van der Waals surface area contributed by atoms with E-state index in [2.05, 4.69) is 0 Å². The van der Waals surface area contributed by atoms with Crippen molar-refractivity contribution in [2.75, 3.05) is 7.11 Å². The third-order valence-electron chi connectivity index (χ3n) is 4.35. The maximum Gasteiger partial charge on any atom is 0.352 e. The highest BCUT2D eigenvalue weighted by atomic mass is 16.5. The zero-order valence-corrected chi connectivity index (χ0v) is 14.1. The Labute approximate surface area is 145 Å². The Morgan fingerprint density at radius 3 is 1.88 bits per heavy atom. The van der Waals surface area contributed by atoms with Gasteiger partial charge in [0.25, 0.3) is 0 Å². The molecule has 0 fully saturated rings. The molecule has 9 nitrogen and oxygen atoms in total. The number of nitrogens with zero attached hydrogens (tertiary/aromatic N) is 2. The third kappa shape index (κ3) is 2.25. The highest BCUT2D eigenvalue weighted by Gasteiger charge is 2.22. The number of carbonyl (C=O) groups is 2. The first kappa shape index (κ1) is 17.2. The summed E-state index contributed by atoms with van der Waals surface area (Å²) >= 11 is 0. The lowest BCUT2D eigenvalue weighted by atomic mass is 10.1. The fourth-order valence-electron chi connectivity index (χ4n) is 3.12. The number of pyridine rings is 2. The van der Waals surface area contributed by atoms with Crippen LogP contribution in [0.4, 0.5) is 0 Å². The molecule has 0 saturated heterocycles. The second-order valence-corrected chi connectivity index (χ2v) is 5.71. The zero-order chi connectivity index (χ0) is 19.3. The molecule has 2 aromatic heterocycles. The number of hydrogen-bond acceptors (Lipinski definition) is 5. The van der Waals surface area contributed by atoms with E-state index < -0.39 is 22.8 Å². The van der Waals surface area contributed by atoms with Crippen molar-refractivity contribution < 1.29 is 24.5 Å². The summed E-state index contributed by atoms with van der Waals surface area (Å²) < 4.78 is 7.73. The van der Waals surface area contributed by atoms with Gasteiger partial charge in [-0.05, 0) is 0 Å². The lowest BCUT2D eigenvalue weighted by molar-refractivity contribution is 0.0675. The van der Waals surface area contributed by atoms with E-state index in [0.29, 0.717) is 0 Å². The Kier molecular flexibility index (Phi) is 3.79. The third-order valence-corrected chi connectivity index (χ3v) is 4.35.